The highest BCUT2D eigenvalue weighted by Gasteiger charge is 2.11. The maximum absolute atomic E-state index is 12.1. The number of ether oxygens (including phenoxy) is 1. The van der Waals surface area contributed by atoms with E-state index in [1.165, 1.54) is 18.2 Å². The van der Waals surface area contributed by atoms with E-state index in [1.807, 2.05) is 0 Å². The van der Waals surface area contributed by atoms with E-state index in [9.17, 15) is 19.5 Å². The van der Waals surface area contributed by atoms with Gasteiger partial charge in [-0.25, -0.2) is 9.59 Å². The molecule has 6 nitrogen and oxygen atoms in total. The summed E-state index contributed by atoms with van der Waals surface area (Å²) in [5.74, 6) is -1.99. The summed E-state index contributed by atoms with van der Waals surface area (Å²) in [6.45, 7) is 0. The molecule has 0 bridgehead atoms. The zero-order chi connectivity index (χ0) is 17.3. The Bertz CT molecular complexity index is 1000. The van der Waals surface area contributed by atoms with Crippen LogP contribution in [-0.4, -0.2) is 11.9 Å². The van der Waals surface area contributed by atoms with E-state index in [-0.39, 0.29) is 11.3 Å². The Morgan fingerprint density at radius 3 is 2.42 bits per heavy atom. The second kappa shape index (κ2) is 6.44. The average molecular weight is 435 g/mol. The molecule has 0 spiro atoms. The third kappa shape index (κ3) is 3.30. The van der Waals surface area contributed by atoms with Crippen LogP contribution in [0.2, 0.25) is 0 Å². The van der Waals surface area contributed by atoms with Crippen LogP contribution in [0, 0.1) is 3.57 Å². The van der Waals surface area contributed by atoms with E-state index in [1.54, 1.807) is 24.3 Å². The topological polar surface area (TPSA) is 96.6 Å². The smallest absolute Gasteiger partial charge is 0.345 e. The van der Waals surface area contributed by atoms with Crippen LogP contribution in [0.15, 0.2) is 57.7 Å². The first-order valence-corrected chi connectivity index (χ1v) is 7.79. The quantitative estimate of drug-likeness (QED) is 0.270. The molecule has 1 aromatic heterocycles. The molecular formula is C17H8IO6-. The minimum Gasteiger partial charge on any atom is -0.545 e. The van der Waals surface area contributed by atoms with E-state index in [0.29, 0.717) is 10.9 Å². The molecule has 2 aromatic carbocycles. The number of carbonyl (C=O) groups excluding carboxylic acids is 2. The molecule has 120 valence electrons. The van der Waals surface area contributed by atoms with Gasteiger partial charge in [0.2, 0.25) is 0 Å². The number of fused-ring (bicyclic) bond motifs is 1. The fraction of sp³-hybridized carbons (Fsp3) is 0. The lowest BCUT2D eigenvalue weighted by Gasteiger charge is -2.06. The summed E-state index contributed by atoms with van der Waals surface area (Å²) in [4.78, 5) is 34.5. The number of aromatic carboxylic acids is 1. The van der Waals surface area contributed by atoms with E-state index < -0.39 is 23.1 Å². The standard InChI is InChI=1S/C17H9IO6/c18-11-4-1-9(2-5-11)16(21)23-12-6-3-10-7-13(15(19)20)17(22)24-14(10)8-12/h1-8H,(H,19,20)/p-1. The van der Waals surface area contributed by atoms with E-state index in [0.717, 1.165) is 9.64 Å². The highest BCUT2D eigenvalue weighted by Crippen LogP contribution is 2.21. The lowest BCUT2D eigenvalue weighted by atomic mass is 10.2. The Morgan fingerprint density at radius 2 is 1.75 bits per heavy atom. The summed E-state index contributed by atoms with van der Waals surface area (Å²) in [7, 11) is 0. The third-order valence-electron chi connectivity index (χ3n) is 3.22. The van der Waals surface area contributed by atoms with Gasteiger partial charge in [-0.1, -0.05) is 0 Å². The molecule has 0 amide bonds. The molecule has 3 aromatic rings. The summed E-state index contributed by atoms with van der Waals surface area (Å²) in [6, 6.07) is 12.3. The Labute approximate surface area is 148 Å². The first-order chi connectivity index (χ1) is 11.4. The van der Waals surface area contributed by atoms with Crippen LogP contribution in [0.25, 0.3) is 11.0 Å². The van der Waals surface area contributed by atoms with E-state index >= 15 is 0 Å². The molecule has 0 saturated carbocycles. The number of carboxylic acids is 1. The molecule has 0 saturated heterocycles. The van der Waals surface area contributed by atoms with Crippen LogP contribution < -0.4 is 15.5 Å². The van der Waals surface area contributed by atoms with Crippen molar-refractivity contribution in [2.24, 2.45) is 0 Å². The van der Waals surface area contributed by atoms with Gasteiger partial charge >= 0.3 is 11.6 Å². The van der Waals surface area contributed by atoms with Crippen LogP contribution >= 0.6 is 22.6 Å². The lowest BCUT2D eigenvalue weighted by molar-refractivity contribution is -0.255. The predicted molar refractivity (Wildman–Crippen MR) is 90.9 cm³/mol. The summed E-state index contributed by atoms with van der Waals surface area (Å²) < 4.78 is 11.1. The van der Waals surface area contributed by atoms with Gasteiger partial charge < -0.3 is 19.1 Å². The van der Waals surface area contributed by atoms with Crippen molar-refractivity contribution in [1.82, 2.24) is 0 Å². The zero-order valence-electron chi connectivity index (χ0n) is 11.9. The minimum absolute atomic E-state index is 0.109. The second-order valence-electron chi connectivity index (χ2n) is 4.83. The predicted octanol–water partition coefficient (Wildman–Crippen LogP) is 1.98. The normalized spacial score (nSPS) is 10.5. The summed E-state index contributed by atoms with van der Waals surface area (Å²) >= 11 is 2.12. The molecule has 3 rings (SSSR count). The van der Waals surface area contributed by atoms with E-state index in [2.05, 4.69) is 22.6 Å². The van der Waals surface area contributed by atoms with Gasteiger partial charge in [-0.2, -0.15) is 0 Å². The fourth-order valence-corrected chi connectivity index (χ4v) is 2.41. The molecule has 7 heteroatoms. The van der Waals surface area contributed by atoms with Gasteiger partial charge in [0, 0.05) is 15.0 Å². The largest absolute Gasteiger partial charge is 0.545 e. The summed E-state index contributed by atoms with van der Waals surface area (Å²) in [6.07, 6.45) is 0. The maximum Gasteiger partial charge on any atom is 0.345 e. The molecular weight excluding hydrogens is 427 g/mol. The number of halogens is 1. The molecule has 0 N–H and O–H groups in total. The van der Waals surface area contributed by atoms with Crippen LogP contribution in [0.3, 0.4) is 0 Å². The van der Waals surface area contributed by atoms with Crippen LogP contribution in [0.1, 0.15) is 20.7 Å². The molecule has 0 aliphatic heterocycles. The van der Waals surface area contributed by atoms with Gasteiger partial charge in [0.25, 0.3) is 0 Å². The van der Waals surface area contributed by atoms with Crippen molar-refractivity contribution < 1.29 is 23.8 Å². The van der Waals surface area contributed by atoms with Crippen molar-refractivity contribution >= 4 is 45.5 Å². The highest BCUT2D eigenvalue weighted by molar-refractivity contribution is 14.1. The van der Waals surface area contributed by atoms with Crippen molar-refractivity contribution in [3.05, 3.63) is 73.6 Å². The number of hydrogen-bond donors (Lipinski definition) is 0. The average Bonchev–Trinajstić information content (AvgIpc) is 2.54. The SMILES string of the molecule is O=C(Oc1ccc2cc(C(=O)[O-])c(=O)oc2c1)c1ccc(I)cc1. The molecule has 1 heterocycles. The van der Waals surface area contributed by atoms with E-state index in [4.69, 9.17) is 9.15 Å². The third-order valence-corrected chi connectivity index (χ3v) is 3.94. The molecule has 0 radical (unpaired) electrons. The number of hydrogen-bond acceptors (Lipinski definition) is 6. The van der Waals surface area contributed by atoms with Gasteiger partial charge in [-0.15, -0.1) is 0 Å². The molecule has 0 aliphatic carbocycles. The Morgan fingerprint density at radius 1 is 1.04 bits per heavy atom. The van der Waals surface area contributed by atoms with Gasteiger partial charge in [-0.05, 0) is 65.1 Å². The van der Waals surface area contributed by atoms with Crippen LogP contribution in [0.4, 0.5) is 0 Å². The Hall–Kier alpha value is -2.68. The number of rotatable bonds is 3. The lowest BCUT2D eigenvalue weighted by Crippen LogP contribution is -2.28. The van der Waals surface area contributed by atoms with Crippen molar-refractivity contribution in [3.8, 4) is 5.75 Å². The first-order valence-electron chi connectivity index (χ1n) is 6.71. The molecule has 24 heavy (non-hydrogen) atoms. The summed E-state index contributed by atoms with van der Waals surface area (Å²) in [5.41, 5.74) is -1.10. The second-order valence-corrected chi connectivity index (χ2v) is 6.08. The van der Waals surface area contributed by atoms with Gasteiger partial charge in [0.15, 0.2) is 0 Å². The number of benzene rings is 2. The number of esters is 1. The Kier molecular flexibility index (Phi) is 4.34. The summed E-state index contributed by atoms with van der Waals surface area (Å²) in [5, 5.41) is 11.2. The number of carboxylic acid groups (broad SMARTS) is 1. The Balaban J connectivity index is 1.92. The fourth-order valence-electron chi connectivity index (χ4n) is 2.05. The molecule has 0 unspecified atom stereocenters. The number of carbonyl (C=O) groups is 2. The molecule has 0 fully saturated rings. The maximum atomic E-state index is 12.1. The first kappa shape index (κ1) is 16.2. The molecule has 0 aliphatic rings. The van der Waals surface area contributed by atoms with Crippen molar-refractivity contribution in [1.29, 1.82) is 0 Å². The van der Waals surface area contributed by atoms with Crippen molar-refractivity contribution in [2.75, 3.05) is 0 Å². The van der Waals surface area contributed by atoms with Crippen LogP contribution in [0.5, 0.6) is 5.75 Å². The van der Waals surface area contributed by atoms with Gasteiger partial charge in [-0.3, -0.25) is 0 Å². The monoisotopic (exact) mass is 435 g/mol. The zero-order valence-corrected chi connectivity index (χ0v) is 14.1. The van der Waals surface area contributed by atoms with Crippen LogP contribution in [-0.2, 0) is 0 Å². The van der Waals surface area contributed by atoms with Gasteiger partial charge in [0.05, 0.1) is 17.1 Å². The minimum atomic E-state index is -1.61. The van der Waals surface area contributed by atoms with Crippen molar-refractivity contribution in [3.63, 3.8) is 0 Å². The highest BCUT2D eigenvalue weighted by atomic mass is 127. The van der Waals surface area contributed by atoms with Gasteiger partial charge in [0.1, 0.15) is 11.3 Å². The van der Waals surface area contributed by atoms with Crippen molar-refractivity contribution in [2.45, 2.75) is 0 Å². The molecule has 0 atom stereocenters.